The van der Waals surface area contributed by atoms with Crippen molar-refractivity contribution in [3.05, 3.63) is 84.7 Å². The Bertz CT molecular complexity index is 821. The van der Waals surface area contributed by atoms with Crippen LogP contribution < -0.4 is 14.4 Å². The summed E-state index contributed by atoms with van der Waals surface area (Å²) in [4.78, 5) is 18.6. The molecule has 0 fully saturated rings. The second-order valence-corrected chi connectivity index (χ2v) is 5.64. The molecule has 0 atom stereocenters. The van der Waals surface area contributed by atoms with Gasteiger partial charge in [0.05, 0.1) is 13.7 Å². The summed E-state index contributed by atoms with van der Waals surface area (Å²) in [6.07, 6.45) is 3.46. The first kappa shape index (κ1) is 17.5. The predicted octanol–water partition coefficient (Wildman–Crippen LogP) is 3.70. The fourth-order valence-corrected chi connectivity index (χ4v) is 2.50. The molecule has 0 aliphatic carbocycles. The van der Waals surface area contributed by atoms with E-state index in [1.165, 1.54) is 0 Å². The van der Waals surface area contributed by atoms with Gasteiger partial charge < -0.3 is 14.4 Å². The fraction of sp³-hybridized carbons (Fsp3) is 0.143. The molecule has 1 aromatic heterocycles. The summed E-state index contributed by atoms with van der Waals surface area (Å²) in [5.41, 5.74) is 1.72. The number of benzene rings is 2. The van der Waals surface area contributed by atoms with Gasteiger partial charge in [0.15, 0.2) is 6.61 Å². The van der Waals surface area contributed by atoms with E-state index in [1.807, 2.05) is 66.7 Å². The van der Waals surface area contributed by atoms with Crippen LogP contribution in [0.4, 0.5) is 5.69 Å². The molecule has 0 N–H and O–H groups in total. The topological polar surface area (TPSA) is 51.7 Å². The molecular formula is C21H20N2O3. The molecule has 0 aliphatic rings. The number of hydrogen-bond acceptors (Lipinski definition) is 4. The van der Waals surface area contributed by atoms with Crippen LogP contribution in [0, 0.1) is 0 Å². The number of pyridine rings is 1. The van der Waals surface area contributed by atoms with Gasteiger partial charge in [-0.2, -0.15) is 0 Å². The van der Waals surface area contributed by atoms with Crippen molar-refractivity contribution in [2.45, 2.75) is 6.54 Å². The first-order valence-corrected chi connectivity index (χ1v) is 8.27. The Kier molecular flexibility index (Phi) is 5.83. The third-order valence-corrected chi connectivity index (χ3v) is 3.85. The van der Waals surface area contributed by atoms with Gasteiger partial charge in [0.25, 0.3) is 5.91 Å². The maximum atomic E-state index is 12.8. The number of rotatable bonds is 7. The zero-order valence-corrected chi connectivity index (χ0v) is 14.5. The van der Waals surface area contributed by atoms with Crippen LogP contribution in [0.5, 0.6) is 11.5 Å². The molecule has 0 aliphatic heterocycles. The highest BCUT2D eigenvalue weighted by Gasteiger charge is 2.17. The van der Waals surface area contributed by atoms with E-state index in [-0.39, 0.29) is 12.5 Å². The second kappa shape index (κ2) is 8.67. The molecule has 1 heterocycles. The van der Waals surface area contributed by atoms with Crippen LogP contribution in [0.3, 0.4) is 0 Å². The van der Waals surface area contributed by atoms with E-state index >= 15 is 0 Å². The molecule has 0 radical (unpaired) electrons. The molecule has 5 heteroatoms. The first-order valence-electron chi connectivity index (χ1n) is 8.27. The molecule has 0 saturated carbocycles. The van der Waals surface area contributed by atoms with Gasteiger partial charge in [0.1, 0.15) is 11.5 Å². The van der Waals surface area contributed by atoms with Crippen LogP contribution in [-0.2, 0) is 11.3 Å². The van der Waals surface area contributed by atoms with Gasteiger partial charge in [-0.05, 0) is 48.0 Å². The fourth-order valence-electron chi connectivity index (χ4n) is 2.50. The molecule has 26 heavy (non-hydrogen) atoms. The number of aromatic nitrogens is 1. The summed E-state index contributed by atoms with van der Waals surface area (Å²) in [5, 5.41) is 0. The third kappa shape index (κ3) is 4.60. The predicted molar refractivity (Wildman–Crippen MR) is 100 cm³/mol. The minimum Gasteiger partial charge on any atom is -0.497 e. The van der Waals surface area contributed by atoms with Crippen molar-refractivity contribution in [2.24, 2.45) is 0 Å². The number of methoxy groups -OCH3 is 1. The maximum Gasteiger partial charge on any atom is 0.265 e. The molecule has 1 amide bonds. The Balaban J connectivity index is 1.77. The number of carbonyl (C=O) groups is 1. The Hall–Kier alpha value is -3.34. The highest BCUT2D eigenvalue weighted by Crippen LogP contribution is 2.21. The molecule has 5 nitrogen and oxygen atoms in total. The van der Waals surface area contributed by atoms with Crippen LogP contribution in [0.25, 0.3) is 0 Å². The number of anilines is 1. The maximum absolute atomic E-state index is 12.8. The van der Waals surface area contributed by atoms with Crippen molar-refractivity contribution >= 4 is 11.6 Å². The lowest BCUT2D eigenvalue weighted by Crippen LogP contribution is -2.34. The molecule has 0 saturated heterocycles. The van der Waals surface area contributed by atoms with Gasteiger partial charge in [0.2, 0.25) is 0 Å². The van der Waals surface area contributed by atoms with Crippen molar-refractivity contribution in [1.29, 1.82) is 0 Å². The van der Waals surface area contributed by atoms with Crippen molar-refractivity contribution in [3.63, 3.8) is 0 Å². The molecular weight excluding hydrogens is 328 g/mol. The Morgan fingerprint density at radius 3 is 2.38 bits per heavy atom. The third-order valence-electron chi connectivity index (χ3n) is 3.85. The van der Waals surface area contributed by atoms with Gasteiger partial charge in [-0.15, -0.1) is 0 Å². The number of para-hydroxylation sites is 1. The summed E-state index contributed by atoms with van der Waals surface area (Å²) in [6.45, 7) is 0.369. The summed E-state index contributed by atoms with van der Waals surface area (Å²) in [6, 6.07) is 20.5. The smallest absolute Gasteiger partial charge is 0.265 e. The summed E-state index contributed by atoms with van der Waals surface area (Å²) >= 11 is 0. The molecule has 3 aromatic rings. The number of amides is 1. The summed E-state index contributed by atoms with van der Waals surface area (Å²) in [5.74, 6) is 1.27. The van der Waals surface area contributed by atoms with Crippen LogP contribution in [-0.4, -0.2) is 24.6 Å². The zero-order chi connectivity index (χ0) is 18.2. The van der Waals surface area contributed by atoms with Crippen LogP contribution in [0.2, 0.25) is 0 Å². The van der Waals surface area contributed by atoms with E-state index in [9.17, 15) is 4.79 Å². The standard InChI is InChI=1S/C21H20N2O3/c1-25-19-11-9-18(10-12-19)23(15-17-6-5-13-22-14-17)21(24)16-26-20-7-3-2-4-8-20/h2-14H,15-16H2,1H3. The molecule has 2 aromatic carbocycles. The molecule has 0 unspecified atom stereocenters. The van der Waals surface area contributed by atoms with Crippen LogP contribution >= 0.6 is 0 Å². The van der Waals surface area contributed by atoms with E-state index in [0.717, 1.165) is 17.0 Å². The minimum atomic E-state index is -0.136. The normalized spacial score (nSPS) is 10.2. The first-order chi connectivity index (χ1) is 12.8. The summed E-state index contributed by atoms with van der Waals surface area (Å²) < 4.78 is 10.8. The lowest BCUT2D eigenvalue weighted by Gasteiger charge is -2.23. The quantitative estimate of drug-likeness (QED) is 0.653. The average molecular weight is 348 g/mol. The van der Waals surface area contributed by atoms with E-state index in [0.29, 0.717) is 12.3 Å². The van der Waals surface area contributed by atoms with E-state index < -0.39 is 0 Å². The van der Waals surface area contributed by atoms with Crippen molar-refractivity contribution in [2.75, 3.05) is 18.6 Å². The van der Waals surface area contributed by atoms with Gasteiger partial charge in [-0.25, -0.2) is 0 Å². The zero-order valence-electron chi connectivity index (χ0n) is 14.5. The van der Waals surface area contributed by atoms with Crippen molar-refractivity contribution in [3.8, 4) is 11.5 Å². The molecule has 0 spiro atoms. The van der Waals surface area contributed by atoms with E-state index in [2.05, 4.69) is 4.98 Å². The van der Waals surface area contributed by atoms with Crippen LogP contribution in [0.1, 0.15) is 5.56 Å². The molecule has 3 rings (SSSR count). The van der Waals surface area contributed by atoms with E-state index in [1.54, 1.807) is 24.4 Å². The van der Waals surface area contributed by atoms with Gasteiger partial charge in [0, 0.05) is 18.1 Å². The SMILES string of the molecule is COc1ccc(N(Cc2cccnc2)C(=O)COc2ccccc2)cc1. The Morgan fingerprint density at radius 1 is 0.962 bits per heavy atom. The largest absolute Gasteiger partial charge is 0.497 e. The molecule has 0 bridgehead atoms. The van der Waals surface area contributed by atoms with Crippen molar-refractivity contribution in [1.82, 2.24) is 4.98 Å². The Labute approximate surface area is 152 Å². The monoisotopic (exact) mass is 348 g/mol. The lowest BCUT2D eigenvalue weighted by atomic mass is 10.2. The highest BCUT2D eigenvalue weighted by atomic mass is 16.5. The van der Waals surface area contributed by atoms with E-state index in [4.69, 9.17) is 9.47 Å². The van der Waals surface area contributed by atoms with Gasteiger partial charge in [-0.3, -0.25) is 9.78 Å². The van der Waals surface area contributed by atoms with Crippen LogP contribution in [0.15, 0.2) is 79.1 Å². The Morgan fingerprint density at radius 2 is 1.73 bits per heavy atom. The molecule has 132 valence electrons. The number of hydrogen-bond donors (Lipinski definition) is 0. The van der Waals surface area contributed by atoms with Gasteiger partial charge in [-0.1, -0.05) is 24.3 Å². The van der Waals surface area contributed by atoms with Gasteiger partial charge >= 0.3 is 0 Å². The number of nitrogens with zero attached hydrogens (tertiary/aromatic N) is 2. The number of ether oxygens (including phenoxy) is 2. The average Bonchev–Trinajstić information content (AvgIpc) is 2.72. The summed E-state index contributed by atoms with van der Waals surface area (Å²) in [7, 11) is 1.61. The highest BCUT2D eigenvalue weighted by molar-refractivity contribution is 5.94. The minimum absolute atomic E-state index is 0.0453. The number of carbonyl (C=O) groups excluding carboxylic acids is 1. The second-order valence-electron chi connectivity index (χ2n) is 5.64. The van der Waals surface area contributed by atoms with Crippen molar-refractivity contribution < 1.29 is 14.3 Å². The lowest BCUT2D eigenvalue weighted by molar-refractivity contribution is -0.120.